The number of hydrogen-bond donors (Lipinski definition) is 2. The summed E-state index contributed by atoms with van der Waals surface area (Å²) in [6.07, 6.45) is 1.51. The van der Waals surface area contributed by atoms with Crippen molar-refractivity contribution >= 4 is 46.4 Å². The van der Waals surface area contributed by atoms with Crippen molar-refractivity contribution < 1.29 is 9.53 Å². The molecule has 9 heteroatoms. The molecule has 0 spiro atoms. The highest BCUT2D eigenvalue weighted by molar-refractivity contribution is 6.33. The lowest BCUT2D eigenvalue weighted by molar-refractivity contribution is 0.0601. The van der Waals surface area contributed by atoms with Crippen molar-refractivity contribution in [1.82, 2.24) is 15.2 Å². The fourth-order valence-corrected chi connectivity index (χ4v) is 2.56. The van der Waals surface area contributed by atoms with Crippen LogP contribution in [0.1, 0.15) is 10.4 Å². The van der Waals surface area contributed by atoms with Crippen molar-refractivity contribution in [3.05, 3.63) is 59.2 Å². The molecular weight excluding hydrogens is 380 g/mol. The zero-order chi connectivity index (χ0) is 20.1. The first kappa shape index (κ1) is 19.4. The highest BCUT2D eigenvalue weighted by atomic mass is 35.5. The van der Waals surface area contributed by atoms with E-state index in [1.54, 1.807) is 18.2 Å². The molecule has 8 nitrogen and oxygen atoms in total. The van der Waals surface area contributed by atoms with E-state index < -0.39 is 5.97 Å². The van der Waals surface area contributed by atoms with Gasteiger partial charge in [-0.3, -0.25) is 0 Å². The second-order valence-corrected chi connectivity index (χ2v) is 6.45. The van der Waals surface area contributed by atoms with Gasteiger partial charge in [0.2, 0.25) is 5.95 Å². The van der Waals surface area contributed by atoms with E-state index in [0.717, 1.165) is 11.4 Å². The number of methoxy groups -OCH3 is 1. The minimum absolute atomic E-state index is 0.235. The molecule has 0 atom stereocenters. The highest BCUT2D eigenvalue weighted by Crippen LogP contribution is 2.26. The van der Waals surface area contributed by atoms with Crippen LogP contribution in [-0.4, -0.2) is 42.4 Å². The molecule has 1 aromatic heterocycles. The van der Waals surface area contributed by atoms with E-state index in [1.165, 1.54) is 13.3 Å². The molecule has 1 heterocycles. The molecule has 2 N–H and O–H groups in total. The number of nitrogens with zero attached hydrogens (tertiary/aromatic N) is 4. The molecule has 28 heavy (non-hydrogen) atoms. The molecule has 0 aliphatic heterocycles. The maximum atomic E-state index is 11.7. The second-order valence-electron chi connectivity index (χ2n) is 6.04. The number of nitrogens with one attached hydrogen (secondary N) is 2. The molecule has 0 aliphatic rings. The lowest BCUT2D eigenvalue weighted by Crippen LogP contribution is -2.08. The van der Waals surface area contributed by atoms with Crippen molar-refractivity contribution in [3.63, 3.8) is 0 Å². The molecule has 0 fully saturated rings. The fraction of sp³-hybridized carbons (Fsp3) is 0.158. The lowest BCUT2D eigenvalue weighted by Gasteiger charge is -2.13. The minimum atomic E-state index is -0.463. The molecule has 0 unspecified atom stereocenters. The summed E-state index contributed by atoms with van der Waals surface area (Å²) in [7, 11) is 5.28. The molecule has 0 bridgehead atoms. The summed E-state index contributed by atoms with van der Waals surface area (Å²) >= 11 is 6.19. The Kier molecular flexibility index (Phi) is 5.90. The third-order valence-corrected chi connectivity index (χ3v) is 4.18. The third-order valence-electron chi connectivity index (χ3n) is 3.85. The van der Waals surface area contributed by atoms with E-state index in [-0.39, 0.29) is 5.95 Å². The molecule has 0 aliphatic carbocycles. The monoisotopic (exact) mass is 398 g/mol. The van der Waals surface area contributed by atoms with Crippen LogP contribution in [0, 0.1) is 0 Å². The van der Waals surface area contributed by atoms with Crippen molar-refractivity contribution in [1.29, 1.82) is 0 Å². The topological polar surface area (TPSA) is 92.3 Å². The Labute approximate surface area is 167 Å². The predicted octanol–water partition coefficient (Wildman–Crippen LogP) is 3.86. The number of anilines is 5. The first-order chi connectivity index (χ1) is 13.5. The third kappa shape index (κ3) is 4.66. The molecule has 144 valence electrons. The second kappa shape index (κ2) is 8.53. The molecule has 0 amide bonds. The van der Waals surface area contributed by atoms with Gasteiger partial charge in [-0.1, -0.05) is 11.6 Å². The van der Waals surface area contributed by atoms with Crippen LogP contribution in [0.25, 0.3) is 0 Å². The Bertz CT molecular complexity index is 978. The summed E-state index contributed by atoms with van der Waals surface area (Å²) in [6, 6.07) is 12.6. The standard InChI is InChI=1S/C19H19ClN6O2/c1-26(2)14-7-5-13(6-8-14)22-17-11-21-25-19(24-17)23-16-10-12(18(27)28-3)4-9-15(16)20/h4-11H,1-3H3,(H2,22,23,24,25). The number of aromatic nitrogens is 3. The van der Waals surface area contributed by atoms with Crippen LogP contribution < -0.4 is 15.5 Å². The van der Waals surface area contributed by atoms with Crippen LogP contribution in [0.5, 0.6) is 0 Å². The summed E-state index contributed by atoms with van der Waals surface area (Å²) in [4.78, 5) is 18.1. The number of esters is 1. The van der Waals surface area contributed by atoms with E-state index in [4.69, 9.17) is 16.3 Å². The van der Waals surface area contributed by atoms with E-state index in [9.17, 15) is 4.79 Å². The Morgan fingerprint density at radius 3 is 2.54 bits per heavy atom. The van der Waals surface area contributed by atoms with Gasteiger partial charge in [-0.05, 0) is 42.5 Å². The van der Waals surface area contributed by atoms with Crippen LogP contribution in [0.2, 0.25) is 5.02 Å². The van der Waals surface area contributed by atoms with Crippen molar-refractivity contribution in [2.24, 2.45) is 0 Å². The molecule has 3 aromatic rings. The van der Waals surface area contributed by atoms with Crippen LogP contribution in [-0.2, 0) is 4.74 Å². The molecule has 0 saturated heterocycles. The van der Waals surface area contributed by atoms with Crippen LogP contribution in [0.4, 0.5) is 28.8 Å². The number of carbonyl (C=O) groups excluding carboxylic acids is 1. The SMILES string of the molecule is COC(=O)c1ccc(Cl)c(Nc2nncc(Nc3ccc(N(C)C)cc3)n2)c1. The number of carbonyl (C=O) groups is 1. The van der Waals surface area contributed by atoms with Gasteiger partial charge in [0.15, 0.2) is 5.82 Å². The zero-order valence-electron chi connectivity index (χ0n) is 15.6. The van der Waals surface area contributed by atoms with Crippen LogP contribution >= 0.6 is 11.6 Å². The number of hydrogen-bond acceptors (Lipinski definition) is 8. The number of ether oxygens (including phenoxy) is 1. The van der Waals surface area contributed by atoms with E-state index in [2.05, 4.69) is 25.8 Å². The molecular formula is C19H19ClN6O2. The average molecular weight is 399 g/mol. The summed E-state index contributed by atoms with van der Waals surface area (Å²) in [5.41, 5.74) is 2.79. The van der Waals surface area contributed by atoms with Gasteiger partial charge in [-0.15, -0.1) is 5.10 Å². The van der Waals surface area contributed by atoms with Crippen molar-refractivity contribution in [3.8, 4) is 0 Å². The van der Waals surface area contributed by atoms with Crippen LogP contribution in [0.3, 0.4) is 0 Å². The number of halogens is 1. The Balaban J connectivity index is 1.77. The quantitative estimate of drug-likeness (QED) is 0.604. The lowest BCUT2D eigenvalue weighted by atomic mass is 10.2. The molecule has 0 radical (unpaired) electrons. The maximum absolute atomic E-state index is 11.7. The van der Waals surface area contributed by atoms with E-state index >= 15 is 0 Å². The first-order valence-corrected chi connectivity index (χ1v) is 8.73. The predicted molar refractivity (Wildman–Crippen MR) is 110 cm³/mol. The average Bonchev–Trinajstić information content (AvgIpc) is 2.70. The maximum Gasteiger partial charge on any atom is 0.337 e. The Hall–Kier alpha value is -3.39. The van der Waals surface area contributed by atoms with Gasteiger partial charge in [0.1, 0.15) is 0 Å². The van der Waals surface area contributed by atoms with Gasteiger partial charge >= 0.3 is 5.97 Å². The van der Waals surface area contributed by atoms with Gasteiger partial charge in [0, 0.05) is 25.5 Å². The van der Waals surface area contributed by atoms with E-state index in [1.807, 2.05) is 43.3 Å². The van der Waals surface area contributed by atoms with Crippen molar-refractivity contribution in [2.45, 2.75) is 0 Å². The fourth-order valence-electron chi connectivity index (χ4n) is 2.39. The van der Waals surface area contributed by atoms with Gasteiger partial charge in [0.05, 0.1) is 29.6 Å². The zero-order valence-corrected chi connectivity index (χ0v) is 16.4. The van der Waals surface area contributed by atoms with Gasteiger partial charge in [-0.2, -0.15) is 10.1 Å². The molecule has 0 saturated carbocycles. The Morgan fingerprint density at radius 2 is 1.86 bits per heavy atom. The van der Waals surface area contributed by atoms with Gasteiger partial charge < -0.3 is 20.3 Å². The minimum Gasteiger partial charge on any atom is -0.465 e. The molecule has 2 aromatic carbocycles. The van der Waals surface area contributed by atoms with Gasteiger partial charge in [-0.25, -0.2) is 4.79 Å². The van der Waals surface area contributed by atoms with Crippen molar-refractivity contribution in [2.75, 3.05) is 36.7 Å². The first-order valence-electron chi connectivity index (χ1n) is 8.35. The summed E-state index contributed by atoms with van der Waals surface area (Å²) in [5.74, 6) is 0.282. The summed E-state index contributed by atoms with van der Waals surface area (Å²) in [5, 5.41) is 14.5. The van der Waals surface area contributed by atoms with Gasteiger partial charge in [0.25, 0.3) is 0 Å². The largest absolute Gasteiger partial charge is 0.465 e. The summed E-state index contributed by atoms with van der Waals surface area (Å²) in [6.45, 7) is 0. The smallest absolute Gasteiger partial charge is 0.337 e. The summed E-state index contributed by atoms with van der Waals surface area (Å²) < 4.78 is 4.72. The number of rotatable bonds is 6. The van der Waals surface area contributed by atoms with Crippen LogP contribution in [0.15, 0.2) is 48.7 Å². The number of benzene rings is 2. The molecule has 3 rings (SSSR count). The normalized spacial score (nSPS) is 10.3. The Morgan fingerprint density at radius 1 is 1.11 bits per heavy atom. The highest BCUT2D eigenvalue weighted by Gasteiger charge is 2.11. The van der Waals surface area contributed by atoms with E-state index in [0.29, 0.717) is 22.1 Å².